The highest BCUT2D eigenvalue weighted by molar-refractivity contribution is 7.18. The van der Waals surface area contributed by atoms with E-state index in [0.717, 1.165) is 5.69 Å². The molecule has 3 rings (SSSR count). The van der Waals surface area contributed by atoms with E-state index >= 15 is 0 Å². The second-order valence-corrected chi connectivity index (χ2v) is 5.83. The van der Waals surface area contributed by atoms with Crippen LogP contribution in [0.25, 0.3) is 10.7 Å². The van der Waals surface area contributed by atoms with Crippen LogP contribution >= 0.6 is 36.2 Å². The molecule has 7 nitrogen and oxygen atoms in total. The molecule has 1 saturated heterocycles. The summed E-state index contributed by atoms with van der Waals surface area (Å²) >= 11 is 1.27. The van der Waals surface area contributed by atoms with Gasteiger partial charge >= 0.3 is 0 Å². The van der Waals surface area contributed by atoms with Crippen LogP contribution < -0.4 is 11.1 Å². The monoisotopic (exact) mass is 377 g/mol. The number of hydrogen-bond donors (Lipinski definition) is 2. The zero-order valence-corrected chi connectivity index (χ0v) is 14.5. The molecule has 1 aliphatic heterocycles. The van der Waals surface area contributed by atoms with Gasteiger partial charge in [0.2, 0.25) is 11.0 Å². The number of nitrogens with two attached hydrogens (primary N) is 1. The van der Waals surface area contributed by atoms with Crippen LogP contribution in [0.5, 0.6) is 0 Å². The fraction of sp³-hybridized carbons (Fsp3) is 0.385. The van der Waals surface area contributed by atoms with E-state index in [1.807, 2.05) is 18.2 Å². The number of amides is 1. The standard InChI is InChI=1S/C13H15N5O2S.2ClH/c14-13(4-7-20-8-5-13)11(19)16-12-18-17-10(21-12)9-3-1-2-6-15-9;;/h1-3,6H,4-5,7-8,14H2,(H,16,18,19);2*1H. The van der Waals surface area contributed by atoms with E-state index in [2.05, 4.69) is 20.5 Å². The van der Waals surface area contributed by atoms with Gasteiger partial charge < -0.3 is 10.5 Å². The maximum absolute atomic E-state index is 12.3. The zero-order chi connectivity index (χ0) is 14.7. The molecule has 3 heterocycles. The molecule has 0 bridgehead atoms. The van der Waals surface area contributed by atoms with Crippen LogP contribution in [0.1, 0.15) is 12.8 Å². The number of anilines is 1. The molecule has 0 atom stereocenters. The van der Waals surface area contributed by atoms with Gasteiger partial charge in [-0.2, -0.15) is 0 Å². The van der Waals surface area contributed by atoms with E-state index in [1.54, 1.807) is 6.20 Å². The number of ether oxygens (including phenoxy) is 1. The number of nitrogens with one attached hydrogen (secondary N) is 1. The van der Waals surface area contributed by atoms with Crippen molar-refractivity contribution in [3.63, 3.8) is 0 Å². The highest BCUT2D eigenvalue weighted by Gasteiger charge is 2.36. The van der Waals surface area contributed by atoms with Crippen molar-refractivity contribution in [2.75, 3.05) is 18.5 Å². The Morgan fingerprint density at radius 2 is 2.00 bits per heavy atom. The molecule has 0 aromatic carbocycles. The largest absolute Gasteiger partial charge is 0.381 e. The Morgan fingerprint density at radius 3 is 2.65 bits per heavy atom. The van der Waals surface area contributed by atoms with Gasteiger partial charge in [-0.05, 0) is 25.0 Å². The molecule has 0 spiro atoms. The topological polar surface area (TPSA) is 103 Å². The lowest BCUT2D eigenvalue weighted by Crippen LogP contribution is -2.54. The number of pyridine rings is 1. The summed E-state index contributed by atoms with van der Waals surface area (Å²) in [4.78, 5) is 16.5. The molecule has 2 aromatic heterocycles. The second kappa shape index (κ2) is 8.51. The van der Waals surface area contributed by atoms with Crippen LogP contribution in [0.15, 0.2) is 24.4 Å². The van der Waals surface area contributed by atoms with Gasteiger partial charge in [0.15, 0.2) is 5.01 Å². The Bertz CT molecular complexity index is 634. The maximum atomic E-state index is 12.3. The van der Waals surface area contributed by atoms with Crippen LogP contribution in [-0.2, 0) is 9.53 Å². The summed E-state index contributed by atoms with van der Waals surface area (Å²) in [5.74, 6) is -0.241. The maximum Gasteiger partial charge on any atom is 0.246 e. The van der Waals surface area contributed by atoms with E-state index in [0.29, 0.717) is 36.2 Å². The van der Waals surface area contributed by atoms with Crippen molar-refractivity contribution in [2.24, 2.45) is 5.73 Å². The lowest BCUT2D eigenvalue weighted by Gasteiger charge is -2.31. The first-order valence-corrected chi connectivity index (χ1v) is 7.42. The third-order valence-electron chi connectivity index (χ3n) is 3.37. The van der Waals surface area contributed by atoms with E-state index < -0.39 is 5.54 Å². The Kier molecular flexibility index (Phi) is 7.30. The minimum atomic E-state index is -0.894. The van der Waals surface area contributed by atoms with Gasteiger partial charge in [-0.25, -0.2) is 0 Å². The number of carbonyl (C=O) groups excluding carboxylic acids is 1. The second-order valence-electron chi connectivity index (χ2n) is 4.85. The molecule has 2 aromatic rings. The summed E-state index contributed by atoms with van der Waals surface area (Å²) in [5, 5.41) is 11.8. The molecule has 0 saturated carbocycles. The summed E-state index contributed by atoms with van der Waals surface area (Å²) in [5.41, 5.74) is 5.95. The highest BCUT2D eigenvalue weighted by atomic mass is 35.5. The van der Waals surface area contributed by atoms with Gasteiger partial charge in [0.25, 0.3) is 0 Å². The summed E-state index contributed by atoms with van der Waals surface area (Å²) in [7, 11) is 0. The van der Waals surface area contributed by atoms with Crippen molar-refractivity contribution in [1.82, 2.24) is 15.2 Å². The van der Waals surface area contributed by atoms with E-state index in [4.69, 9.17) is 10.5 Å². The zero-order valence-electron chi connectivity index (χ0n) is 12.1. The van der Waals surface area contributed by atoms with Crippen molar-refractivity contribution < 1.29 is 9.53 Å². The lowest BCUT2D eigenvalue weighted by atomic mass is 9.90. The van der Waals surface area contributed by atoms with Crippen molar-refractivity contribution >= 4 is 47.2 Å². The van der Waals surface area contributed by atoms with Crippen LogP contribution in [0.3, 0.4) is 0 Å². The highest BCUT2D eigenvalue weighted by Crippen LogP contribution is 2.26. The molecule has 3 N–H and O–H groups in total. The Balaban J connectivity index is 0.00000132. The van der Waals surface area contributed by atoms with Crippen LogP contribution in [0, 0.1) is 0 Å². The summed E-state index contributed by atoms with van der Waals surface area (Å²) in [6, 6.07) is 5.55. The SMILES string of the molecule is Cl.Cl.NC1(C(=O)Nc2nnc(-c3ccccn3)s2)CCOCC1. The minimum Gasteiger partial charge on any atom is -0.381 e. The number of carbonyl (C=O) groups is 1. The Hall–Kier alpha value is -1.32. The van der Waals surface area contributed by atoms with Gasteiger partial charge in [0, 0.05) is 19.4 Å². The first-order valence-electron chi connectivity index (χ1n) is 6.60. The molecule has 0 unspecified atom stereocenters. The van der Waals surface area contributed by atoms with Crippen molar-refractivity contribution in [2.45, 2.75) is 18.4 Å². The molecule has 126 valence electrons. The summed E-state index contributed by atoms with van der Waals surface area (Å²) in [6.45, 7) is 0.998. The number of nitrogens with zero attached hydrogens (tertiary/aromatic N) is 3. The first kappa shape index (κ1) is 19.7. The molecule has 1 fully saturated rings. The number of halogens is 2. The van der Waals surface area contributed by atoms with Gasteiger partial charge in [-0.1, -0.05) is 17.4 Å². The van der Waals surface area contributed by atoms with E-state index in [9.17, 15) is 4.79 Å². The number of aromatic nitrogens is 3. The smallest absolute Gasteiger partial charge is 0.246 e. The number of rotatable bonds is 3. The first-order chi connectivity index (χ1) is 10.2. The van der Waals surface area contributed by atoms with Crippen molar-refractivity contribution in [3.8, 4) is 10.7 Å². The van der Waals surface area contributed by atoms with Crippen LogP contribution in [0.2, 0.25) is 0 Å². The molecule has 23 heavy (non-hydrogen) atoms. The van der Waals surface area contributed by atoms with Crippen molar-refractivity contribution in [1.29, 1.82) is 0 Å². The molecular weight excluding hydrogens is 361 g/mol. The lowest BCUT2D eigenvalue weighted by molar-refractivity contribution is -0.124. The molecule has 1 amide bonds. The van der Waals surface area contributed by atoms with Crippen LogP contribution in [0.4, 0.5) is 5.13 Å². The third-order valence-corrected chi connectivity index (χ3v) is 4.23. The Labute approximate surface area is 149 Å². The van der Waals surface area contributed by atoms with Crippen LogP contribution in [-0.4, -0.2) is 39.8 Å². The fourth-order valence-electron chi connectivity index (χ4n) is 2.05. The van der Waals surface area contributed by atoms with Gasteiger partial charge in [-0.15, -0.1) is 35.0 Å². The quantitative estimate of drug-likeness (QED) is 0.846. The normalized spacial score (nSPS) is 15.9. The molecule has 10 heteroatoms. The molecular formula is C13H17Cl2N5O2S. The predicted octanol–water partition coefficient (Wildman–Crippen LogP) is 1.89. The minimum absolute atomic E-state index is 0. The summed E-state index contributed by atoms with van der Waals surface area (Å²) < 4.78 is 5.23. The fourth-order valence-corrected chi connectivity index (χ4v) is 2.77. The molecule has 1 aliphatic rings. The Morgan fingerprint density at radius 1 is 1.26 bits per heavy atom. The van der Waals surface area contributed by atoms with Gasteiger partial charge in [0.05, 0.1) is 0 Å². The average Bonchev–Trinajstić information content (AvgIpc) is 2.97. The molecule has 0 aliphatic carbocycles. The average molecular weight is 378 g/mol. The van der Waals surface area contributed by atoms with E-state index in [-0.39, 0.29) is 30.7 Å². The third kappa shape index (κ3) is 4.58. The number of hydrogen-bond acceptors (Lipinski definition) is 7. The molecule has 0 radical (unpaired) electrons. The van der Waals surface area contributed by atoms with Gasteiger partial charge in [-0.3, -0.25) is 15.1 Å². The summed E-state index contributed by atoms with van der Waals surface area (Å²) in [6.07, 6.45) is 2.70. The predicted molar refractivity (Wildman–Crippen MR) is 93.2 cm³/mol. The van der Waals surface area contributed by atoms with E-state index in [1.165, 1.54) is 11.3 Å². The van der Waals surface area contributed by atoms with Gasteiger partial charge in [0.1, 0.15) is 11.2 Å². The van der Waals surface area contributed by atoms with Crippen molar-refractivity contribution in [3.05, 3.63) is 24.4 Å².